The highest BCUT2D eigenvalue weighted by Crippen LogP contribution is 2.17. The van der Waals surface area contributed by atoms with E-state index in [1.807, 2.05) is 0 Å². The smallest absolute Gasteiger partial charge is 0.306 e. The highest BCUT2D eigenvalue weighted by atomic mass is 16.5. The van der Waals surface area contributed by atoms with Gasteiger partial charge in [0, 0.05) is 6.42 Å². The summed E-state index contributed by atoms with van der Waals surface area (Å²) in [6.45, 7) is 6.22. The molecule has 0 saturated carbocycles. The topological polar surface area (TPSA) is 95.9 Å². The zero-order valence-corrected chi connectivity index (χ0v) is 38.6. The van der Waals surface area contributed by atoms with E-state index in [2.05, 4.69) is 99.0 Å². The van der Waals surface area contributed by atoms with Crippen LogP contribution in [-0.2, 0) is 14.3 Å². The average Bonchev–Trinajstić information content (AvgIpc) is 3.23. The Bertz CT molecular complexity index is 1110. The van der Waals surface area contributed by atoms with E-state index in [1.165, 1.54) is 64.2 Å². The van der Waals surface area contributed by atoms with Gasteiger partial charge in [0.15, 0.2) is 0 Å². The van der Waals surface area contributed by atoms with Crippen LogP contribution in [0, 0.1) is 0 Å². The second-order valence-corrected chi connectivity index (χ2v) is 16.5. The van der Waals surface area contributed by atoms with Gasteiger partial charge in [-0.1, -0.05) is 209 Å². The summed E-state index contributed by atoms with van der Waals surface area (Å²) in [5.41, 5.74) is 0. The van der Waals surface area contributed by atoms with Crippen molar-refractivity contribution in [3.8, 4) is 0 Å². The molecule has 0 aliphatic rings. The number of esters is 1. The molecule has 6 heteroatoms. The number of aliphatic hydroxyl groups is 2. The van der Waals surface area contributed by atoms with Crippen LogP contribution in [0.5, 0.6) is 0 Å². The third-order valence-corrected chi connectivity index (χ3v) is 10.8. The normalized spacial score (nSPS) is 13.9. The number of carbonyl (C=O) groups excluding carboxylic acids is 2. The monoisotopic (exact) mass is 824 g/mol. The predicted octanol–water partition coefficient (Wildman–Crippen LogP) is 14.6. The van der Waals surface area contributed by atoms with Crippen molar-refractivity contribution in [2.45, 2.75) is 244 Å². The zero-order chi connectivity index (χ0) is 43.1. The quantitative estimate of drug-likeness (QED) is 0.0246. The number of hydrogen-bond acceptors (Lipinski definition) is 5. The Hall–Kier alpha value is -2.70. The highest BCUT2D eigenvalue weighted by Gasteiger charge is 2.24. The molecule has 0 rings (SSSR count). The number of nitrogens with one attached hydrogen (secondary N) is 1. The SMILES string of the molecule is CC/C=C/C=C/C=C\CCCCCCCC(=O)OC(CCCCCC/C=C/C/C=C/C/C=C/CC)CC(=O)NC(CO)C(O)CCCCCCCCCCCCCCC. The molecule has 59 heavy (non-hydrogen) atoms. The molecule has 1 amide bonds. The minimum atomic E-state index is -0.800. The second kappa shape index (κ2) is 46.4. The molecule has 340 valence electrons. The Morgan fingerprint density at radius 2 is 1.00 bits per heavy atom. The van der Waals surface area contributed by atoms with Crippen LogP contribution in [-0.4, -0.2) is 46.9 Å². The largest absolute Gasteiger partial charge is 0.462 e. The molecule has 0 heterocycles. The predicted molar refractivity (Wildman–Crippen MR) is 255 cm³/mol. The van der Waals surface area contributed by atoms with Crippen molar-refractivity contribution in [2.24, 2.45) is 0 Å². The summed E-state index contributed by atoms with van der Waals surface area (Å²) >= 11 is 0. The standard InChI is InChI=1S/C53H93NO5/c1-4-7-10-13-16-19-22-25-28-29-32-35-38-41-44-49(59-53(58)46-43-40-37-34-31-27-24-21-18-15-12-9-6-3)47-52(57)54-50(48-55)51(56)45-42-39-36-33-30-26-23-20-17-14-11-8-5-2/h7,9-10,12,15-16,18-19,21,24-25,28,49-51,55-56H,4-6,8,11,13-14,17,20,22-23,26-27,29-48H2,1-3H3,(H,54,57)/b10-7+,12-9+,18-15+,19-16+,24-21-,28-25+. The van der Waals surface area contributed by atoms with E-state index >= 15 is 0 Å². The van der Waals surface area contributed by atoms with Crippen LogP contribution in [0.25, 0.3) is 0 Å². The van der Waals surface area contributed by atoms with Crippen molar-refractivity contribution in [2.75, 3.05) is 6.61 Å². The number of allylic oxidation sites excluding steroid dienone is 12. The van der Waals surface area contributed by atoms with Crippen LogP contribution >= 0.6 is 0 Å². The van der Waals surface area contributed by atoms with Gasteiger partial charge in [0.05, 0.1) is 25.2 Å². The van der Waals surface area contributed by atoms with Crippen molar-refractivity contribution in [3.05, 3.63) is 72.9 Å². The van der Waals surface area contributed by atoms with Crippen LogP contribution in [0.1, 0.15) is 226 Å². The first-order valence-corrected chi connectivity index (χ1v) is 24.7. The maximum atomic E-state index is 13.2. The van der Waals surface area contributed by atoms with Gasteiger partial charge in [0.1, 0.15) is 6.10 Å². The van der Waals surface area contributed by atoms with Gasteiger partial charge < -0.3 is 20.3 Å². The van der Waals surface area contributed by atoms with E-state index in [9.17, 15) is 19.8 Å². The van der Waals surface area contributed by atoms with Gasteiger partial charge in [-0.3, -0.25) is 9.59 Å². The number of unbranched alkanes of at least 4 members (excludes halogenated alkanes) is 21. The van der Waals surface area contributed by atoms with E-state index in [0.717, 1.165) is 116 Å². The van der Waals surface area contributed by atoms with Crippen LogP contribution in [0.2, 0.25) is 0 Å². The van der Waals surface area contributed by atoms with Gasteiger partial charge in [0.2, 0.25) is 5.91 Å². The lowest BCUT2D eigenvalue weighted by Gasteiger charge is -2.24. The number of ether oxygens (including phenoxy) is 1. The second-order valence-electron chi connectivity index (χ2n) is 16.5. The van der Waals surface area contributed by atoms with Gasteiger partial charge in [0.25, 0.3) is 0 Å². The molecule has 0 spiro atoms. The first-order chi connectivity index (χ1) is 29.0. The molecule has 0 aromatic carbocycles. The molecule has 3 unspecified atom stereocenters. The van der Waals surface area contributed by atoms with E-state index < -0.39 is 18.2 Å². The molecule has 6 nitrogen and oxygen atoms in total. The Morgan fingerprint density at radius 1 is 0.525 bits per heavy atom. The summed E-state index contributed by atoms with van der Waals surface area (Å²) in [4.78, 5) is 26.1. The summed E-state index contributed by atoms with van der Waals surface area (Å²) in [6.07, 6.45) is 58.1. The first-order valence-electron chi connectivity index (χ1n) is 24.7. The Labute approximate surface area is 364 Å². The number of amides is 1. The van der Waals surface area contributed by atoms with Gasteiger partial charge in [-0.25, -0.2) is 0 Å². The van der Waals surface area contributed by atoms with Crippen molar-refractivity contribution >= 4 is 11.9 Å². The van der Waals surface area contributed by atoms with Gasteiger partial charge >= 0.3 is 5.97 Å². The third kappa shape index (κ3) is 41.8. The van der Waals surface area contributed by atoms with Crippen molar-refractivity contribution < 1.29 is 24.5 Å². The van der Waals surface area contributed by atoms with E-state index in [0.29, 0.717) is 19.3 Å². The fourth-order valence-corrected chi connectivity index (χ4v) is 7.15. The van der Waals surface area contributed by atoms with Crippen molar-refractivity contribution in [3.63, 3.8) is 0 Å². The molecule has 0 aromatic heterocycles. The summed E-state index contributed by atoms with van der Waals surface area (Å²) in [5, 5.41) is 23.7. The molecule has 0 radical (unpaired) electrons. The number of aliphatic hydroxyl groups excluding tert-OH is 2. The molecule has 0 saturated heterocycles. The van der Waals surface area contributed by atoms with E-state index in [-0.39, 0.29) is 24.9 Å². The summed E-state index contributed by atoms with van der Waals surface area (Å²) in [7, 11) is 0. The molecule has 3 N–H and O–H groups in total. The number of carbonyl (C=O) groups is 2. The fraction of sp³-hybridized carbons (Fsp3) is 0.736. The number of hydrogen-bond donors (Lipinski definition) is 3. The Balaban J connectivity index is 4.66. The lowest BCUT2D eigenvalue weighted by atomic mass is 10.0. The molecule has 0 fully saturated rings. The van der Waals surface area contributed by atoms with E-state index in [1.54, 1.807) is 0 Å². The minimum Gasteiger partial charge on any atom is -0.462 e. The Kier molecular flexibility index (Phi) is 44.2. The molecule has 0 aliphatic carbocycles. The highest BCUT2D eigenvalue weighted by molar-refractivity contribution is 5.77. The summed E-state index contributed by atoms with van der Waals surface area (Å²) in [5.74, 6) is -0.523. The van der Waals surface area contributed by atoms with Crippen LogP contribution in [0.3, 0.4) is 0 Å². The molecule has 3 atom stereocenters. The molecule has 0 bridgehead atoms. The Morgan fingerprint density at radius 3 is 1.58 bits per heavy atom. The van der Waals surface area contributed by atoms with Gasteiger partial charge in [-0.05, 0) is 77.0 Å². The maximum absolute atomic E-state index is 13.2. The molecule has 0 aromatic rings. The lowest BCUT2D eigenvalue weighted by molar-refractivity contribution is -0.151. The van der Waals surface area contributed by atoms with Gasteiger partial charge in [-0.2, -0.15) is 0 Å². The minimum absolute atomic E-state index is 0.0514. The first kappa shape index (κ1) is 56.3. The summed E-state index contributed by atoms with van der Waals surface area (Å²) < 4.78 is 5.90. The van der Waals surface area contributed by atoms with Crippen LogP contribution in [0.4, 0.5) is 0 Å². The fourth-order valence-electron chi connectivity index (χ4n) is 7.15. The zero-order valence-electron chi connectivity index (χ0n) is 38.6. The van der Waals surface area contributed by atoms with Gasteiger partial charge in [-0.15, -0.1) is 0 Å². The summed E-state index contributed by atoms with van der Waals surface area (Å²) in [6, 6.07) is -0.715. The molecular formula is C53H93NO5. The van der Waals surface area contributed by atoms with Crippen molar-refractivity contribution in [1.82, 2.24) is 5.32 Å². The maximum Gasteiger partial charge on any atom is 0.306 e. The third-order valence-electron chi connectivity index (χ3n) is 10.8. The molecule has 0 aliphatic heterocycles. The average molecular weight is 824 g/mol. The van der Waals surface area contributed by atoms with Crippen molar-refractivity contribution in [1.29, 1.82) is 0 Å². The van der Waals surface area contributed by atoms with Crippen LogP contribution < -0.4 is 5.32 Å². The van der Waals surface area contributed by atoms with Crippen LogP contribution in [0.15, 0.2) is 72.9 Å². The van der Waals surface area contributed by atoms with E-state index in [4.69, 9.17) is 4.74 Å². The lowest BCUT2D eigenvalue weighted by Crippen LogP contribution is -2.46. The number of rotatable bonds is 43. The molecular weight excluding hydrogens is 731 g/mol.